The van der Waals surface area contributed by atoms with Gasteiger partial charge in [-0.3, -0.25) is 4.79 Å². The lowest BCUT2D eigenvalue weighted by Crippen LogP contribution is -2.47. The summed E-state index contributed by atoms with van der Waals surface area (Å²) in [6.07, 6.45) is 2.34. The number of rotatable bonds is 5. The monoisotopic (exact) mass is 492 g/mol. The molecule has 1 saturated heterocycles. The van der Waals surface area contributed by atoms with Crippen molar-refractivity contribution in [1.82, 2.24) is 14.2 Å². The highest BCUT2D eigenvalue weighted by Gasteiger charge is 2.28. The van der Waals surface area contributed by atoms with E-state index in [9.17, 15) is 13.2 Å². The van der Waals surface area contributed by atoms with Gasteiger partial charge in [-0.05, 0) is 37.7 Å². The fourth-order valence-electron chi connectivity index (χ4n) is 3.74. The van der Waals surface area contributed by atoms with Crippen LogP contribution in [0, 0.1) is 0 Å². The molecule has 0 spiro atoms. The van der Waals surface area contributed by atoms with Crippen molar-refractivity contribution in [2.24, 2.45) is 0 Å². The van der Waals surface area contributed by atoms with Gasteiger partial charge >= 0.3 is 0 Å². The summed E-state index contributed by atoms with van der Waals surface area (Å²) in [5.74, 6) is 0.290. The third kappa shape index (κ3) is 5.31. The Morgan fingerprint density at radius 3 is 2.59 bits per heavy atom. The molecule has 32 heavy (non-hydrogen) atoms. The quantitative estimate of drug-likeness (QED) is 0.594. The molecule has 0 radical (unpaired) electrons. The zero-order valence-corrected chi connectivity index (χ0v) is 20.8. The van der Waals surface area contributed by atoms with E-state index in [4.69, 9.17) is 0 Å². The molecule has 1 amide bonds. The number of para-hydroxylation sites is 1. The van der Waals surface area contributed by atoms with Crippen molar-refractivity contribution >= 4 is 45.1 Å². The predicted molar refractivity (Wildman–Crippen MR) is 130 cm³/mol. The molecule has 0 unspecified atom stereocenters. The second-order valence-electron chi connectivity index (χ2n) is 8.06. The van der Waals surface area contributed by atoms with Gasteiger partial charge in [0.2, 0.25) is 15.9 Å². The standard InChI is InChI=1S/C22H28N4O3S3/c1-17-9-10-26(19-5-3-4-6-20(19)31-17)22(27)16-30-21-8-7-18(15-23-21)32(28,29)25-13-11-24(2)12-14-25/h3-8,15,17H,9-14,16H2,1-2H3/t17-/m0/s1. The summed E-state index contributed by atoms with van der Waals surface area (Å²) in [6.45, 7) is 5.29. The van der Waals surface area contributed by atoms with Crippen molar-refractivity contribution in [1.29, 1.82) is 0 Å². The Kier molecular flexibility index (Phi) is 7.46. The molecular formula is C22H28N4O3S3. The second kappa shape index (κ2) is 10.1. The lowest BCUT2D eigenvalue weighted by Gasteiger charge is -2.31. The molecule has 2 aromatic rings. The summed E-state index contributed by atoms with van der Waals surface area (Å²) >= 11 is 3.14. The number of nitrogens with zero attached hydrogens (tertiary/aromatic N) is 4. The number of anilines is 1. The minimum absolute atomic E-state index is 0.0353. The number of sulfonamides is 1. The first kappa shape index (κ1) is 23.6. The van der Waals surface area contributed by atoms with Crippen LogP contribution in [0.25, 0.3) is 0 Å². The molecule has 172 valence electrons. The maximum atomic E-state index is 13.0. The van der Waals surface area contributed by atoms with Gasteiger partial charge in [0.25, 0.3) is 0 Å². The molecule has 0 bridgehead atoms. The second-order valence-corrected chi connectivity index (χ2v) is 12.5. The number of hydrogen-bond donors (Lipinski definition) is 0. The molecule has 0 aliphatic carbocycles. The van der Waals surface area contributed by atoms with E-state index in [0.717, 1.165) is 30.1 Å². The van der Waals surface area contributed by atoms with Crippen molar-refractivity contribution < 1.29 is 13.2 Å². The SMILES string of the molecule is C[C@H]1CCN(C(=O)CSc2ccc(S(=O)(=O)N3CCN(C)CC3)cn2)c2ccccc2S1. The Hall–Kier alpha value is -1.59. The molecule has 0 N–H and O–H groups in total. The Labute approximate surface area is 198 Å². The largest absolute Gasteiger partial charge is 0.311 e. The summed E-state index contributed by atoms with van der Waals surface area (Å²) < 4.78 is 27.2. The van der Waals surface area contributed by atoms with Crippen LogP contribution in [-0.4, -0.2) is 79.3 Å². The number of carbonyl (C=O) groups excluding carboxylic acids is 1. The molecule has 10 heteroatoms. The van der Waals surface area contributed by atoms with Crippen LogP contribution >= 0.6 is 23.5 Å². The number of aromatic nitrogens is 1. The average molecular weight is 493 g/mol. The predicted octanol–water partition coefficient (Wildman–Crippen LogP) is 3.03. The van der Waals surface area contributed by atoms with E-state index in [1.165, 1.54) is 22.3 Å². The van der Waals surface area contributed by atoms with Gasteiger partial charge in [-0.25, -0.2) is 13.4 Å². The molecule has 7 nitrogen and oxygen atoms in total. The highest BCUT2D eigenvalue weighted by molar-refractivity contribution is 8.00. The Balaban J connectivity index is 1.40. The van der Waals surface area contributed by atoms with Crippen molar-refractivity contribution in [3.8, 4) is 0 Å². The van der Waals surface area contributed by atoms with Crippen molar-refractivity contribution in [2.45, 2.75) is 33.4 Å². The summed E-state index contributed by atoms with van der Waals surface area (Å²) in [7, 11) is -1.55. The van der Waals surface area contributed by atoms with Gasteiger partial charge in [-0.15, -0.1) is 11.8 Å². The first-order valence-electron chi connectivity index (χ1n) is 10.7. The van der Waals surface area contributed by atoms with Gasteiger partial charge < -0.3 is 9.80 Å². The zero-order chi connectivity index (χ0) is 22.7. The molecule has 2 aliphatic heterocycles. The maximum Gasteiger partial charge on any atom is 0.244 e. The van der Waals surface area contributed by atoms with Crippen molar-refractivity contribution in [3.63, 3.8) is 0 Å². The number of likely N-dealkylation sites (N-methyl/N-ethyl adjacent to an activating group) is 1. The maximum absolute atomic E-state index is 13.0. The lowest BCUT2D eigenvalue weighted by atomic mass is 10.2. The number of thioether (sulfide) groups is 2. The normalized spacial score (nSPS) is 20.6. The smallest absolute Gasteiger partial charge is 0.244 e. The highest BCUT2D eigenvalue weighted by Crippen LogP contribution is 2.37. The number of fused-ring (bicyclic) bond motifs is 1. The Morgan fingerprint density at radius 2 is 1.88 bits per heavy atom. The van der Waals surface area contributed by atoms with Gasteiger partial charge in [0.15, 0.2) is 0 Å². The van der Waals surface area contributed by atoms with Crippen molar-refractivity contribution in [3.05, 3.63) is 42.6 Å². The van der Waals surface area contributed by atoms with Gasteiger partial charge in [-0.1, -0.05) is 30.8 Å². The molecule has 0 saturated carbocycles. The van der Waals surface area contributed by atoms with Crippen molar-refractivity contribution in [2.75, 3.05) is 50.4 Å². The molecule has 1 aromatic heterocycles. The fraction of sp³-hybridized carbons (Fsp3) is 0.455. The van der Waals surface area contributed by atoms with Gasteiger partial charge in [0.05, 0.1) is 16.5 Å². The van der Waals surface area contributed by atoms with E-state index < -0.39 is 10.0 Å². The molecule has 3 heterocycles. The van der Waals surface area contributed by atoms with Crippen LogP contribution in [0.5, 0.6) is 0 Å². The summed E-state index contributed by atoms with van der Waals surface area (Å²) in [4.78, 5) is 22.6. The third-order valence-electron chi connectivity index (χ3n) is 5.70. The first-order valence-corrected chi connectivity index (χ1v) is 14.0. The van der Waals surface area contributed by atoms with E-state index in [1.54, 1.807) is 12.1 Å². The third-order valence-corrected chi connectivity index (χ3v) is 9.75. The molecular weight excluding hydrogens is 464 g/mol. The van der Waals surface area contributed by atoms with Crippen LogP contribution < -0.4 is 4.90 Å². The van der Waals surface area contributed by atoms with Gasteiger partial charge in [-0.2, -0.15) is 4.31 Å². The molecule has 1 fully saturated rings. The van der Waals surface area contributed by atoms with E-state index in [-0.39, 0.29) is 16.6 Å². The lowest BCUT2D eigenvalue weighted by molar-refractivity contribution is -0.116. The van der Waals surface area contributed by atoms with Crippen LogP contribution in [0.3, 0.4) is 0 Å². The number of amides is 1. The summed E-state index contributed by atoms with van der Waals surface area (Å²) in [5.41, 5.74) is 0.967. The summed E-state index contributed by atoms with van der Waals surface area (Å²) in [5, 5.41) is 1.10. The Bertz CT molecular complexity index is 1050. The minimum atomic E-state index is -3.54. The van der Waals surface area contributed by atoms with Crippen LogP contribution in [0.15, 0.2) is 57.4 Å². The van der Waals surface area contributed by atoms with Gasteiger partial charge in [0, 0.05) is 49.1 Å². The number of hydrogen-bond acceptors (Lipinski definition) is 7. The number of piperazine rings is 1. The van der Waals surface area contributed by atoms with E-state index in [1.807, 2.05) is 41.9 Å². The number of pyridine rings is 1. The fourth-order valence-corrected chi connectivity index (χ4v) is 6.94. The van der Waals surface area contributed by atoms with Crippen LogP contribution in [-0.2, 0) is 14.8 Å². The highest BCUT2D eigenvalue weighted by atomic mass is 32.2. The topological polar surface area (TPSA) is 73.8 Å². The van der Waals surface area contributed by atoms with Crippen LogP contribution in [0.1, 0.15) is 13.3 Å². The van der Waals surface area contributed by atoms with Crippen LogP contribution in [0.4, 0.5) is 5.69 Å². The molecule has 1 atom stereocenters. The van der Waals surface area contributed by atoms with Crippen LogP contribution in [0.2, 0.25) is 0 Å². The Morgan fingerprint density at radius 1 is 1.12 bits per heavy atom. The minimum Gasteiger partial charge on any atom is -0.311 e. The van der Waals surface area contributed by atoms with E-state index in [0.29, 0.717) is 29.9 Å². The van der Waals surface area contributed by atoms with Gasteiger partial charge in [0.1, 0.15) is 4.90 Å². The average Bonchev–Trinajstić information content (AvgIpc) is 2.96. The molecule has 4 rings (SSSR count). The van der Waals surface area contributed by atoms with E-state index >= 15 is 0 Å². The van der Waals surface area contributed by atoms with E-state index in [2.05, 4.69) is 22.9 Å². The zero-order valence-electron chi connectivity index (χ0n) is 18.3. The summed E-state index contributed by atoms with van der Waals surface area (Å²) in [6, 6.07) is 11.3. The molecule has 2 aliphatic rings. The number of carbonyl (C=O) groups is 1. The first-order chi connectivity index (χ1) is 15.3. The number of benzene rings is 1. The molecule has 1 aromatic carbocycles.